The highest BCUT2D eigenvalue weighted by Crippen LogP contribution is 2.21. The van der Waals surface area contributed by atoms with Gasteiger partial charge in [-0.3, -0.25) is 9.78 Å². The second-order valence-corrected chi connectivity index (χ2v) is 3.79. The van der Waals surface area contributed by atoms with Crippen LogP contribution < -0.4 is 16.8 Å². The van der Waals surface area contributed by atoms with E-state index in [9.17, 15) is 4.79 Å². The molecule has 2 heterocycles. The number of carbonyl (C=O) groups is 1. The lowest BCUT2D eigenvalue weighted by molar-refractivity contribution is 0.100. The Morgan fingerprint density at radius 3 is 2.83 bits per heavy atom. The van der Waals surface area contributed by atoms with E-state index in [1.165, 1.54) is 12.3 Å². The number of rotatable bonds is 3. The zero-order chi connectivity index (χ0) is 13.1. The molecule has 0 aromatic carbocycles. The minimum absolute atomic E-state index is 0.248. The minimum Gasteiger partial charge on any atom is -0.397 e. The van der Waals surface area contributed by atoms with Gasteiger partial charge in [-0.15, -0.1) is 0 Å². The molecule has 0 aliphatic heterocycles. The number of nitrogens with one attached hydrogen (secondary N) is 1. The summed E-state index contributed by atoms with van der Waals surface area (Å²) in [4.78, 5) is 19.5. The number of carbonyl (C=O) groups excluding carboxylic acids is 1. The molecule has 0 bridgehead atoms. The molecule has 6 heteroatoms. The van der Waals surface area contributed by atoms with Gasteiger partial charge in [-0.1, -0.05) is 0 Å². The molecule has 0 saturated carbocycles. The van der Waals surface area contributed by atoms with Crippen molar-refractivity contribution < 1.29 is 4.79 Å². The number of hydrogen-bond acceptors (Lipinski definition) is 5. The van der Waals surface area contributed by atoms with E-state index in [0.717, 1.165) is 11.4 Å². The molecule has 0 aliphatic carbocycles. The maximum absolute atomic E-state index is 11.3. The molecule has 0 unspecified atom stereocenters. The van der Waals surface area contributed by atoms with Crippen LogP contribution in [0.4, 0.5) is 17.2 Å². The van der Waals surface area contributed by atoms with Crippen molar-refractivity contribution in [3.8, 4) is 0 Å². The van der Waals surface area contributed by atoms with Crippen LogP contribution in [0.2, 0.25) is 0 Å². The fraction of sp³-hybridized carbons (Fsp3) is 0.0833. The van der Waals surface area contributed by atoms with Gasteiger partial charge in [0, 0.05) is 6.20 Å². The maximum atomic E-state index is 11.3. The van der Waals surface area contributed by atoms with E-state index in [1.807, 2.05) is 13.0 Å². The smallest absolute Gasteiger partial charge is 0.252 e. The fourth-order valence-corrected chi connectivity index (χ4v) is 1.51. The van der Waals surface area contributed by atoms with Crippen LogP contribution in [0.1, 0.15) is 16.1 Å². The standard InChI is InChI=1S/C12H13N5O/c1-7-10(3-2-4-15-7)17-12-9(11(14)18)5-8(13)6-16-12/h2-6H,13H2,1H3,(H2,14,18)(H,16,17). The Morgan fingerprint density at radius 2 is 2.17 bits per heavy atom. The highest BCUT2D eigenvalue weighted by atomic mass is 16.1. The van der Waals surface area contributed by atoms with Crippen molar-refractivity contribution in [1.82, 2.24) is 9.97 Å². The molecule has 0 radical (unpaired) electrons. The van der Waals surface area contributed by atoms with Crippen molar-refractivity contribution in [2.24, 2.45) is 5.73 Å². The summed E-state index contributed by atoms with van der Waals surface area (Å²) in [5, 5.41) is 3.02. The highest BCUT2D eigenvalue weighted by molar-refractivity contribution is 5.99. The predicted octanol–water partition coefficient (Wildman–Crippen LogP) is 1.21. The number of nitrogens with two attached hydrogens (primary N) is 2. The van der Waals surface area contributed by atoms with Gasteiger partial charge in [-0.2, -0.15) is 0 Å². The first-order valence-corrected chi connectivity index (χ1v) is 5.32. The molecular weight excluding hydrogens is 230 g/mol. The molecule has 0 saturated heterocycles. The van der Waals surface area contributed by atoms with E-state index in [4.69, 9.17) is 11.5 Å². The number of amides is 1. The first-order chi connectivity index (χ1) is 8.58. The first-order valence-electron chi connectivity index (χ1n) is 5.32. The molecular formula is C12H13N5O. The van der Waals surface area contributed by atoms with Crippen molar-refractivity contribution in [3.63, 3.8) is 0 Å². The molecule has 92 valence electrons. The Bertz CT molecular complexity index is 597. The predicted molar refractivity (Wildman–Crippen MR) is 69.4 cm³/mol. The van der Waals surface area contributed by atoms with E-state index in [1.54, 1.807) is 12.3 Å². The zero-order valence-corrected chi connectivity index (χ0v) is 9.84. The monoisotopic (exact) mass is 243 g/mol. The van der Waals surface area contributed by atoms with Crippen LogP contribution in [0, 0.1) is 6.92 Å². The molecule has 0 atom stereocenters. The normalized spacial score (nSPS) is 10.1. The number of aromatic nitrogens is 2. The molecule has 18 heavy (non-hydrogen) atoms. The van der Waals surface area contributed by atoms with Crippen molar-refractivity contribution >= 4 is 23.1 Å². The van der Waals surface area contributed by atoms with Crippen LogP contribution in [-0.4, -0.2) is 15.9 Å². The molecule has 2 aromatic rings. The Morgan fingerprint density at radius 1 is 1.39 bits per heavy atom. The fourth-order valence-electron chi connectivity index (χ4n) is 1.51. The second-order valence-electron chi connectivity index (χ2n) is 3.79. The van der Waals surface area contributed by atoms with Gasteiger partial charge in [-0.05, 0) is 25.1 Å². The quantitative estimate of drug-likeness (QED) is 0.751. The summed E-state index contributed by atoms with van der Waals surface area (Å²) in [5.41, 5.74) is 13.1. The molecule has 6 nitrogen and oxygen atoms in total. The number of aryl methyl sites for hydroxylation is 1. The van der Waals surface area contributed by atoms with Gasteiger partial charge in [0.25, 0.3) is 5.91 Å². The van der Waals surface area contributed by atoms with Gasteiger partial charge >= 0.3 is 0 Å². The SMILES string of the molecule is Cc1ncccc1Nc1ncc(N)cc1C(N)=O. The first kappa shape index (κ1) is 11.8. The largest absolute Gasteiger partial charge is 0.397 e. The number of nitrogens with zero attached hydrogens (tertiary/aromatic N) is 2. The van der Waals surface area contributed by atoms with Crippen LogP contribution in [0.3, 0.4) is 0 Å². The third-order valence-corrected chi connectivity index (χ3v) is 2.43. The molecule has 2 aromatic heterocycles. The summed E-state index contributed by atoms with van der Waals surface area (Å²) in [6, 6.07) is 5.12. The van der Waals surface area contributed by atoms with E-state index in [2.05, 4.69) is 15.3 Å². The second kappa shape index (κ2) is 4.70. The zero-order valence-electron chi connectivity index (χ0n) is 9.84. The van der Waals surface area contributed by atoms with E-state index in [-0.39, 0.29) is 5.56 Å². The van der Waals surface area contributed by atoms with E-state index in [0.29, 0.717) is 11.5 Å². The Labute approximate surface area is 104 Å². The number of primary amides is 1. The Balaban J connectivity index is 2.41. The van der Waals surface area contributed by atoms with Crippen LogP contribution >= 0.6 is 0 Å². The van der Waals surface area contributed by atoms with Crippen LogP contribution in [0.25, 0.3) is 0 Å². The average molecular weight is 243 g/mol. The lowest BCUT2D eigenvalue weighted by Gasteiger charge is -2.10. The van der Waals surface area contributed by atoms with Crippen LogP contribution in [0.15, 0.2) is 30.6 Å². The summed E-state index contributed by atoms with van der Waals surface area (Å²) in [7, 11) is 0. The van der Waals surface area contributed by atoms with Gasteiger partial charge in [0.05, 0.1) is 28.8 Å². The number of hydrogen-bond donors (Lipinski definition) is 3. The van der Waals surface area contributed by atoms with Gasteiger partial charge < -0.3 is 16.8 Å². The molecule has 5 N–H and O–H groups in total. The molecule has 1 amide bonds. The third kappa shape index (κ3) is 2.37. The lowest BCUT2D eigenvalue weighted by atomic mass is 10.2. The van der Waals surface area contributed by atoms with Gasteiger partial charge in [-0.25, -0.2) is 4.98 Å². The van der Waals surface area contributed by atoms with Crippen molar-refractivity contribution in [2.75, 3.05) is 11.1 Å². The van der Waals surface area contributed by atoms with Crippen LogP contribution in [-0.2, 0) is 0 Å². The summed E-state index contributed by atoms with van der Waals surface area (Å²) in [6.07, 6.45) is 3.15. The molecule has 2 rings (SSSR count). The summed E-state index contributed by atoms with van der Waals surface area (Å²) < 4.78 is 0. The van der Waals surface area contributed by atoms with Gasteiger partial charge in [0.2, 0.25) is 0 Å². The molecule has 0 spiro atoms. The average Bonchev–Trinajstić information content (AvgIpc) is 2.34. The van der Waals surface area contributed by atoms with Crippen molar-refractivity contribution in [2.45, 2.75) is 6.92 Å². The van der Waals surface area contributed by atoms with Crippen molar-refractivity contribution in [1.29, 1.82) is 0 Å². The van der Waals surface area contributed by atoms with Crippen LogP contribution in [0.5, 0.6) is 0 Å². The number of anilines is 3. The highest BCUT2D eigenvalue weighted by Gasteiger charge is 2.11. The van der Waals surface area contributed by atoms with E-state index >= 15 is 0 Å². The summed E-state index contributed by atoms with van der Waals surface area (Å²) in [5.74, 6) is -0.216. The topological polar surface area (TPSA) is 107 Å². The van der Waals surface area contributed by atoms with Gasteiger partial charge in [0.1, 0.15) is 5.82 Å². The van der Waals surface area contributed by atoms with Gasteiger partial charge in [0.15, 0.2) is 0 Å². The number of pyridine rings is 2. The Kier molecular flexibility index (Phi) is 3.09. The third-order valence-electron chi connectivity index (χ3n) is 2.43. The van der Waals surface area contributed by atoms with Crippen molar-refractivity contribution in [3.05, 3.63) is 41.9 Å². The van der Waals surface area contributed by atoms with E-state index < -0.39 is 5.91 Å². The minimum atomic E-state index is -0.584. The lowest BCUT2D eigenvalue weighted by Crippen LogP contribution is -2.15. The molecule has 0 aliphatic rings. The Hall–Kier alpha value is -2.63. The molecule has 0 fully saturated rings. The summed E-state index contributed by atoms with van der Waals surface area (Å²) >= 11 is 0. The number of nitrogen functional groups attached to an aromatic ring is 1. The summed E-state index contributed by atoms with van der Waals surface area (Å²) in [6.45, 7) is 1.85. The maximum Gasteiger partial charge on any atom is 0.252 e.